The van der Waals surface area contributed by atoms with Crippen molar-refractivity contribution in [3.05, 3.63) is 148 Å². The highest BCUT2D eigenvalue weighted by atomic mass is 32.1. The molecule has 8 rings (SSSR count). The number of ether oxygens (including phenoxy) is 7. The molecule has 1 amide bonds. The number of benzene rings is 5. The van der Waals surface area contributed by atoms with E-state index in [2.05, 4.69) is 44.1 Å². The Morgan fingerprint density at radius 2 is 0.971 bits per heavy atom. The topological polar surface area (TPSA) is 167 Å². The molecule has 18 heteroatoms. The van der Waals surface area contributed by atoms with E-state index in [4.69, 9.17) is 33.6 Å². The van der Waals surface area contributed by atoms with Crippen molar-refractivity contribution in [2.75, 3.05) is 48.1 Å². The minimum Gasteiger partial charge on any atom is -0.497 e. The molecule has 0 spiro atoms. The second-order valence-electron chi connectivity index (χ2n) is 16.3. The van der Waals surface area contributed by atoms with Gasteiger partial charge in [-0.15, -0.1) is 0 Å². The molecule has 5 aromatic rings. The molecule has 3 heterocycles. The van der Waals surface area contributed by atoms with E-state index in [-0.39, 0.29) is 70.7 Å². The summed E-state index contributed by atoms with van der Waals surface area (Å²) in [5.74, 6) is 2.68. The predicted octanol–water partition coefficient (Wildman–Crippen LogP) is 7.54. The highest BCUT2D eigenvalue weighted by Gasteiger charge is 2.24. The van der Waals surface area contributed by atoms with Crippen LogP contribution < -0.4 is 34.5 Å². The second-order valence-corrected chi connectivity index (χ2v) is 16.3. The van der Waals surface area contributed by atoms with Gasteiger partial charge >= 0.3 is 11.9 Å². The maximum atomic E-state index is 11.7. The molecule has 0 saturated heterocycles. The van der Waals surface area contributed by atoms with E-state index in [1.165, 1.54) is 25.3 Å². The molecule has 0 unspecified atom stereocenters. The molecular formula is C51H66N4O11S3. The van der Waals surface area contributed by atoms with Crippen molar-refractivity contribution in [3.8, 4) is 28.7 Å². The first-order chi connectivity index (χ1) is 31.9. The highest BCUT2D eigenvalue weighted by Crippen LogP contribution is 2.30. The predicted molar refractivity (Wildman–Crippen MR) is 279 cm³/mol. The third-order valence-electron chi connectivity index (χ3n) is 11.1. The summed E-state index contributed by atoms with van der Waals surface area (Å²) in [6.45, 7) is 12.3. The van der Waals surface area contributed by atoms with Crippen LogP contribution in [0.3, 0.4) is 0 Å². The van der Waals surface area contributed by atoms with Gasteiger partial charge in [-0.1, -0.05) is 42.5 Å². The van der Waals surface area contributed by atoms with Gasteiger partial charge in [-0.3, -0.25) is 19.8 Å². The molecule has 3 aliphatic rings. The third kappa shape index (κ3) is 16.5. The Morgan fingerprint density at radius 1 is 0.580 bits per heavy atom. The summed E-state index contributed by atoms with van der Waals surface area (Å²) < 4.78 is 37.6. The number of hydrogen-bond donors (Lipinski definition) is 3. The number of methoxy groups -OCH3 is 4. The second kappa shape index (κ2) is 28.2. The minimum atomic E-state index is -0.543. The number of esters is 2. The van der Waals surface area contributed by atoms with E-state index in [0.717, 1.165) is 92.0 Å². The first-order valence-corrected chi connectivity index (χ1v) is 21.8. The summed E-state index contributed by atoms with van der Waals surface area (Å²) >= 11 is 0. The number of rotatable bonds is 9. The van der Waals surface area contributed by atoms with Crippen molar-refractivity contribution in [1.82, 2.24) is 20.6 Å². The van der Waals surface area contributed by atoms with Crippen molar-refractivity contribution < 1.29 is 52.7 Å². The number of carbonyl (C=O) groups excluding carboxylic acids is 3. The van der Waals surface area contributed by atoms with Crippen LogP contribution in [0.25, 0.3) is 0 Å². The van der Waals surface area contributed by atoms with E-state index in [1.807, 2.05) is 63.2 Å². The van der Waals surface area contributed by atoms with Crippen LogP contribution in [0.15, 0.2) is 103 Å². The van der Waals surface area contributed by atoms with Crippen LogP contribution in [-0.2, 0) is 42.2 Å². The Kier molecular flexibility index (Phi) is 23.6. The number of nitrogens with one attached hydrogen (secondary N) is 2. The van der Waals surface area contributed by atoms with Crippen LogP contribution in [0.4, 0.5) is 0 Å². The van der Waals surface area contributed by atoms with Gasteiger partial charge in [-0.2, -0.15) is 40.5 Å². The Hall–Kier alpha value is -5.60. The number of nitrogens with zero attached hydrogens (tertiary/aromatic N) is 2. The molecule has 3 atom stereocenters. The Bertz CT molecular complexity index is 2300. The smallest absolute Gasteiger partial charge is 0.337 e. The molecule has 3 N–H and O–H groups in total. The zero-order chi connectivity index (χ0) is 47.2. The minimum absolute atomic E-state index is 0. The van der Waals surface area contributed by atoms with E-state index in [0.29, 0.717) is 22.4 Å². The molecule has 0 bridgehead atoms. The number of fused-ring (bicyclic) bond motifs is 3. The molecule has 3 aliphatic heterocycles. The van der Waals surface area contributed by atoms with Crippen molar-refractivity contribution in [2.24, 2.45) is 0 Å². The van der Waals surface area contributed by atoms with Crippen molar-refractivity contribution >= 4 is 58.3 Å². The third-order valence-corrected chi connectivity index (χ3v) is 11.1. The summed E-state index contributed by atoms with van der Waals surface area (Å²) in [5.41, 5.74) is 8.65. The van der Waals surface area contributed by atoms with E-state index in [1.54, 1.807) is 56.1 Å². The summed E-state index contributed by atoms with van der Waals surface area (Å²) in [7, 11) is 6.08. The van der Waals surface area contributed by atoms with Gasteiger partial charge in [0.2, 0.25) is 0 Å². The Labute approximate surface area is 426 Å². The normalized spacial score (nSPS) is 16.9. The molecule has 0 saturated carbocycles. The fourth-order valence-electron chi connectivity index (χ4n) is 7.83. The van der Waals surface area contributed by atoms with E-state index >= 15 is 0 Å². The van der Waals surface area contributed by atoms with Crippen LogP contribution in [0, 0.1) is 0 Å². The lowest BCUT2D eigenvalue weighted by Crippen LogP contribution is -2.30. The maximum absolute atomic E-state index is 11.7. The van der Waals surface area contributed by atoms with Gasteiger partial charge in [-0.05, 0) is 92.6 Å². The van der Waals surface area contributed by atoms with Gasteiger partial charge in [0.25, 0.3) is 5.91 Å². The molecule has 0 aromatic heterocycles. The molecule has 69 heavy (non-hydrogen) atoms. The number of hydrogen-bond acceptors (Lipinski definition) is 14. The Balaban J connectivity index is 0.000000275. The molecule has 0 radical (unpaired) electrons. The van der Waals surface area contributed by atoms with Crippen LogP contribution in [-0.4, -0.2) is 99.2 Å². The standard InChI is InChI=1S/C20H23NO4.C19H22N2O4.C12H15NO3.3H2S/c1-14-11-21(12-15-4-8-18(23-2)9-5-15)13-17-7-6-16(20(22)24-3)10-19(17)25-14;1-13-10-21(11-14-3-7-17(24-2)8-4-14)12-16-6-5-15(19(22)20-23)9-18(16)25-13;1-8-6-13-7-10-4-3-9(12(14)15-2)5-11(10)16-8;;;/h4-10,14H,11-13H2,1-3H3;3-9,13,23H,10-12H2,1-2H3,(H,20,22);3-5,8,13H,6-7H2,1-2H3;3*1H2/t14-;13-;8-;;;/m000.../s1. The fourth-order valence-corrected chi connectivity index (χ4v) is 7.83. The van der Waals surface area contributed by atoms with Gasteiger partial charge in [0.05, 0.1) is 39.6 Å². The van der Waals surface area contributed by atoms with Crippen LogP contribution in [0.2, 0.25) is 0 Å². The number of amides is 1. The van der Waals surface area contributed by atoms with Crippen molar-refractivity contribution in [3.63, 3.8) is 0 Å². The lowest BCUT2D eigenvalue weighted by atomic mass is 10.1. The van der Waals surface area contributed by atoms with Crippen LogP contribution in [0.5, 0.6) is 28.7 Å². The summed E-state index contributed by atoms with van der Waals surface area (Å²) in [4.78, 5) is 39.3. The van der Waals surface area contributed by atoms with Crippen molar-refractivity contribution in [2.45, 2.75) is 71.8 Å². The molecule has 0 aliphatic carbocycles. The summed E-state index contributed by atoms with van der Waals surface area (Å²) in [5, 5.41) is 12.1. The van der Waals surface area contributed by atoms with E-state index in [9.17, 15) is 14.4 Å². The molecule has 15 nitrogen and oxygen atoms in total. The van der Waals surface area contributed by atoms with Gasteiger partial charge in [0.1, 0.15) is 47.1 Å². The SMILES string of the molecule is COC(=O)c1ccc2c(c1)O[C@@H](C)CN(Cc1ccc(OC)cc1)C2.COC(=O)c1ccc2c(c1)O[C@@H](C)CNC2.COc1ccc(CN2Cc3ccc(C(=O)NO)cc3O[C@@H](C)C2)cc1.S.S.S. The van der Waals surface area contributed by atoms with Crippen LogP contribution >= 0.6 is 40.5 Å². The van der Waals surface area contributed by atoms with Gasteiger partial charge in [0.15, 0.2) is 0 Å². The average molecular weight is 1010 g/mol. The first-order valence-electron chi connectivity index (χ1n) is 21.8. The average Bonchev–Trinajstić information content (AvgIpc) is 3.70. The van der Waals surface area contributed by atoms with E-state index < -0.39 is 5.91 Å². The molecule has 5 aromatic carbocycles. The van der Waals surface area contributed by atoms with Crippen LogP contribution in [0.1, 0.15) is 79.7 Å². The number of carbonyl (C=O) groups is 3. The zero-order valence-electron chi connectivity index (χ0n) is 40.1. The van der Waals surface area contributed by atoms with Crippen molar-refractivity contribution in [1.29, 1.82) is 0 Å². The van der Waals surface area contributed by atoms with Gasteiger partial charge < -0.3 is 38.5 Å². The summed E-state index contributed by atoms with van der Waals surface area (Å²) in [6.07, 6.45) is 0.133. The molecule has 374 valence electrons. The maximum Gasteiger partial charge on any atom is 0.337 e. The Morgan fingerprint density at radius 3 is 1.39 bits per heavy atom. The fraction of sp³-hybridized carbons (Fsp3) is 0.353. The first kappa shape index (κ1) is 57.7. The lowest BCUT2D eigenvalue weighted by molar-refractivity contribution is 0.0591. The largest absolute Gasteiger partial charge is 0.497 e. The molecular weight excluding hydrogens is 941 g/mol. The van der Waals surface area contributed by atoms with Gasteiger partial charge in [0, 0.05) is 74.6 Å². The molecule has 0 fully saturated rings. The quantitative estimate of drug-likeness (QED) is 0.0753. The lowest BCUT2D eigenvalue weighted by Gasteiger charge is -2.22. The van der Waals surface area contributed by atoms with Gasteiger partial charge in [-0.25, -0.2) is 15.1 Å². The summed E-state index contributed by atoms with van der Waals surface area (Å²) in [6, 6.07) is 32.3. The zero-order valence-corrected chi connectivity index (χ0v) is 43.1. The monoisotopic (exact) mass is 1010 g/mol. The number of hydroxylamine groups is 1. The highest BCUT2D eigenvalue weighted by molar-refractivity contribution is 7.59.